The summed E-state index contributed by atoms with van der Waals surface area (Å²) in [5.41, 5.74) is 2.63. The molecule has 1 aromatic carbocycles. The summed E-state index contributed by atoms with van der Waals surface area (Å²) in [6, 6.07) is 12.9. The van der Waals surface area contributed by atoms with Gasteiger partial charge in [-0.2, -0.15) is 10.7 Å². The average Bonchev–Trinajstić information content (AvgIpc) is 3.03. The number of carbonyl (C=O) groups is 1. The van der Waals surface area contributed by atoms with E-state index in [0.717, 1.165) is 11.1 Å². The van der Waals surface area contributed by atoms with Gasteiger partial charge in [0, 0.05) is 35.6 Å². The molecule has 2 aliphatic rings. The molecule has 8 heteroatoms. The Kier molecular flexibility index (Phi) is 5.57. The predicted octanol–water partition coefficient (Wildman–Crippen LogP) is 4.20. The van der Waals surface area contributed by atoms with Crippen LogP contribution in [0, 0.1) is 29.1 Å². The van der Waals surface area contributed by atoms with E-state index in [9.17, 15) is 24.0 Å². The first-order valence-electron chi connectivity index (χ1n) is 10.4. The van der Waals surface area contributed by atoms with Crippen molar-refractivity contribution in [3.8, 4) is 17.2 Å². The lowest BCUT2D eigenvalue weighted by Gasteiger charge is -2.46. The minimum Gasteiger partial charge on any atom is -0.461 e. The molecule has 1 unspecified atom stereocenters. The summed E-state index contributed by atoms with van der Waals surface area (Å²) >= 11 is 0. The molecular weight excluding hydrogens is 416 g/mol. The van der Waals surface area contributed by atoms with Gasteiger partial charge in [-0.05, 0) is 31.1 Å². The number of halogens is 2. The summed E-state index contributed by atoms with van der Waals surface area (Å²) in [4.78, 5) is 16.8. The van der Waals surface area contributed by atoms with Gasteiger partial charge in [-0.15, -0.1) is 0 Å². The number of hydrogen-bond acceptors (Lipinski definition) is 6. The number of nitrogens with zero attached hydrogens (tertiary/aromatic N) is 2. The number of ether oxygens (including phenoxy) is 1. The van der Waals surface area contributed by atoms with E-state index < -0.39 is 47.7 Å². The molecule has 2 aromatic rings. The Balaban J connectivity index is 1.64. The van der Waals surface area contributed by atoms with Crippen molar-refractivity contribution in [3.05, 3.63) is 59.9 Å². The number of allylic oxidation sites excluding steroid dienone is 1. The summed E-state index contributed by atoms with van der Waals surface area (Å²) in [5.74, 6) is -6.50. The number of esters is 1. The number of rotatable bonds is 4. The van der Waals surface area contributed by atoms with E-state index in [1.165, 1.54) is 6.92 Å². The molecule has 166 valence electrons. The van der Waals surface area contributed by atoms with E-state index in [2.05, 4.69) is 11.1 Å². The van der Waals surface area contributed by atoms with Crippen LogP contribution in [0.15, 0.2) is 48.7 Å². The van der Waals surface area contributed by atoms with Gasteiger partial charge in [0.1, 0.15) is 6.10 Å². The molecule has 2 fully saturated rings. The average molecular weight is 439 g/mol. The van der Waals surface area contributed by atoms with Gasteiger partial charge in [0.2, 0.25) is 0 Å². The summed E-state index contributed by atoms with van der Waals surface area (Å²) in [6.07, 6.45) is 3.44. The third-order valence-corrected chi connectivity index (χ3v) is 6.74. The van der Waals surface area contributed by atoms with Crippen LogP contribution in [0.5, 0.6) is 0 Å². The fraction of sp³-hybridized carbons (Fsp3) is 0.375. The molecule has 2 N–H and O–H groups in total. The lowest BCUT2D eigenvalue weighted by molar-refractivity contribution is -0.172. The van der Waals surface area contributed by atoms with Crippen LogP contribution in [0.1, 0.15) is 31.5 Å². The van der Waals surface area contributed by atoms with Crippen molar-refractivity contribution in [3.63, 3.8) is 0 Å². The van der Waals surface area contributed by atoms with Crippen LogP contribution in [0.4, 0.5) is 8.78 Å². The van der Waals surface area contributed by atoms with Gasteiger partial charge in [-0.1, -0.05) is 37.3 Å². The summed E-state index contributed by atoms with van der Waals surface area (Å²) in [6.45, 7) is 3.10. The number of cyclic esters (lactones) is 1. The molecule has 6 nitrogen and oxygen atoms in total. The SMILES string of the molecule is C[C@H]1OC(=O)[C@]2(NO)CC(F)(F)[C@@H](C)[C@H](/C=C/c3ccc(-c4ccccc4C#N)cn3)C12. The number of hydroxylamine groups is 1. The maximum atomic E-state index is 14.8. The highest BCUT2D eigenvalue weighted by Gasteiger charge is 2.68. The molecule has 2 heterocycles. The fourth-order valence-electron chi connectivity index (χ4n) is 4.99. The van der Waals surface area contributed by atoms with Gasteiger partial charge in [0.05, 0.1) is 17.3 Å². The van der Waals surface area contributed by atoms with E-state index >= 15 is 0 Å². The van der Waals surface area contributed by atoms with Crippen molar-refractivity contribution in [2.45, 2.75) is 37.8 Å². The minimum absolute atomic E-state index is 0.531. The number of nitriles is 1. The second-order valence-electron chi connectivity index (χ2n) is 8.51. The van der Waals surface area contributed by atoms with Gasteiger partial charge in [-0.25, -0.2) is 13.6 Å². The Morgan fingerprint density at radius 1 is 1.28 bits per heavy atom. The Morgan fingerprint density at radius 3 is 2.69 bits per heavy atom. The molecule has 1 aliphatic heterocycles. The zero-order chi connectivity index (χ0) is 23.1. The molecule has 0 bridgehead atoms. The van der Waals surface area contributed by atoms with Crippen LogP contribution in [0.2, 0.25) is 0 Å². The van der Waals surface area contributed by atoms with Crippen LogP contribution in [-0.4, -0.2) is 33.7 Å². The number of aromatic nitrogens is 1. The zero-order valence-corrected chi connectivity index (χ0v) is 17.6. The maximum absolute atomic E-state index is 14.8. The van der Waals surface area contributed by atoms with E-state index in [1.54, 1.807) is 43.5 Å². The van der Waals surface area contributed by atoms with Crippen LogP contribution in [0.3, 0.4) is 0 Å². The van der Waals surface area contributed by atoms with Crippen molar-refractivity contribution in [1.29, 1.82) is 5.26 Å². The minimum atomic E-state index is -3.18. The predicted molar refractivity (Wildman–Crippen MR) is 112 cm³/mol. The molecule has 1 saturated heterocycles. The molecule has 4 rings (SSSR count). The van der Waals surface area contributed by atoms with E-state index in [0.29, 0.717) is 11.3 Å². The highest BCUT2D eigenvalue weighted by Crippen LogP contribution is 2.54. The molecule has 1 aliphatic carbocycles. The molecular formula is C24H23F2N3O3. The van der Waals surface area contributed by atoms with E-state index in [4.69, 9.17) is 4.74 Å². The largest absolute Gasteiger partial charge is 0.461 e. The number of fused-ring (bicyclic) bond motifs is 1. The molecule has 5 atom stereocenters. The number of hydrogen-bond donors (Lipinski definition) is 2. The summed E-state index contributed by atoms with van der Waals surface area (Å²) in [5, 5.41) is 19.0. The first-order valence-corrected chi connectivity index (χ1v) is 10.4. The number of benzene rings is 1. The highest BCUT2D eigenvalue weighted by molar-refractivity contribution is 5.84. The Hall–Kier alpha value is -3.15. The van der Waals surface area contributed by atoms with Crippen LogP contribution in [0.25, 0.3) is 17.2 Å². The van der Waals surface area contributed by atoms with Crippen molar-refractivity contribution in [2.75, 3.05) is 0 Å². The number of pyridine rings is 1. The number of alkyl halides is 2. The Labute approximate surface area is 184 Å². The smallest absolute Gasteiger partial charge is 0.329 e. The second kappa shape index (κ2) is 8.08. The summed E-state index contributed by atoms with van der Waals surface area (Å²) in [7, 11) is 0. The monoisotopic (exact) mass is 439 g/mol. The molecule has 1 saturated carbocycles. The molecule has 0 radical (unpaired) electrons. The Morgan fingerprint density at radius 2 is 2.03 bits per heavy atom. The van der Waals surface area contributed by atoms with Gasteiger partial charge in [0.15, 0.2) is 5.54 Å². The first-order chi connectivity index (χ1) is 15.2. The van der Waals surface area contributed by atoms with E-state index in [-0.39, 0.29) is 0 Å². The highest BCUT2D eigenvalue weighted by atomic mass is 19.3. The van der Waals surface area contributed by atoms with Crippen LogP contribution < -0.4 is 5.48 Å². The molecule has 32 heavy (non-hydrogen) atoms. The molecule has 1 aromatic heterocycles. The fourth-order valence-corrected chi connectivity index (χ4v) is 4.99. The normalized spacial score (nSPS) is 31.2. The van der Waals surface area contributed by atoms with Crippen molar-refractivity contribution >= 4 is 12.0 Å². The second-order valence-corrected chi connectivity index (χ2v) is 8.51. The van der Waals surface area contributed by atoms with Gasteiger partial charge in [0.25, 0.3) is 5.92 Å². The van der Waals surface area contributed by atoms with Crippen molar-refractivity contribution in [2.24, 2.45) is 17.8 Å². The topological polar surface area (TPSA) is 95.2 Å². The molecule has 0 spiro atoms. The zero-order valence-electron chi connectivity index (χ0n) is 17.6. The van der Waals surface area contributed by atoms with Crippen molar-refractivity contribution < 1.29 is 23.5 Å². The van der Waals surface area contributed by atoms with Gasteiger partial charge < -0.3 is 9.94 Å². The third kappa shape index (κ3) is 3.48. The van der Waals surface area contributed by atoms with Crippen LogP contribution in [-0.2, 0) is 9.53 Å². The standard InChI is InChI=1S/C24H23F2N3O3/c1-14-19(21-15(2)32-22(30)23(21,29-31)13-24(14,25)26)10-9-18-8-7-17(12-28-18)20-6-4-3-5-16(20)11-27/h3-10,12,14-15,19,21,29,31H,13H2,1-2H3/b10-9+/t14-,15+,19-,21?,23-/m0/s1. The van der Waals surface area contributed by atoms with Crippen LogP contribution >= 0.6 is 0 Å². The maximum Gasteiger partial charge on any atom is 0.329 e. The lowest BCUT2D eigenvalue weighted by Crippen LogP contribution is -2.64. The van der Waals surface area contributed by atoms with Gasteiger partial charge in [-0.3, -0.25) is 4.98 Å². The summed E-state index contributed by atoms with van der Waals surface area (Å²) < 4.78 is 34.9. The lowest BCUT2D eigenvalue weighted by atomic mass is 9.61. The number of nitrogens with one attached hydrogen (secondary N) is 1. The number of carbonyl (C=O) groups excluding carboxylic acids is 1. The first kappa shape index (κ1) is 22.1. The molecule has 0 amide bonds. The van der Waals surface area contributed by atoms with Gasteiger partial charge >= 0.3 is 5.97 Å². The third-order valence-electron chi connectivity index (χ3n) is 6.74. The Bertz CT molecular complexity index is 1100. The quantitative estimate of drug-likeness (QED) is 0.548. The van der Waals surface area contributed by atoms with E-state index in [1.807, 2.05) is 23.7 Å². The van der Waals surface area contributed by atoms with Crippen molar-refractivity contribution in [1.82, 2.24) is 10.5 Å².